The number of aromatic nitrogens is 2. The normalized spacial score (nSPS) is 30.6. The van der Waals surface area contributed by atoms with Crippen LogP contribution in [0.1, 0.15) is 56.7 Å². The van der Waals surface area contributed by atoms with E-state index in [0.29, 0.717) is 12.1 Å². The SMILES string of the molecule is CC[C@H]1CCO[C@@H](c2cnn(C3CC3)c2)C1. The van der Waals surface area contributed by atoms with Crippen LogP contribution in [0, 0.1) is 5.92 Å². The van der Waals surface area contributed by atoms with Crippen LogP contribution in [0.25, 0.3) is 0 Å². The van der Waals surface area contributed by atoms with Gasteiger partial charge in [-0.2, -0.15) is 5.10 Å². The number of nitrogens with zero attached hydrogens (tertiary/aromatic N) is 2. The molecule has 0 radical (unpaired) electrons. The van der Waals surface area contributed by atoms with Crippen molar-refractivity contribution in [2.24, 2.45) is 5.92 Å². The molecule has 3 rings (SSSR count). The van der Waals surface area contributed by atoms with Gasteiger partial charge in [-0.25, -0.2) is 0 Å². The Morgan fingerprint density at radius 2 is 2.31 bits per heavy atom. The first-order valence-corrected chi connectivity index (χ1v) is 6.52. The van der Waals surface area contributed by atoms with Gasteiger partial charge in [0.25, 0.3) is 0 Å². The van der Waals surface area contributed by atoms with Crippen LogP contribution < -0.4 is 0 Å². The average Bonchev–Trinajstić information content (AvgIpc) is 3.07. The molecule has 1 saturated carbocycles. The summed E-state index contributed by atoms with van der Waals surface area (Å²) in [5.74, 6) is 0.836. The Kier molecular flexibility index (Phi) is 2.72. The first-order chi connectivity index (χ1) is 7.86. The largest absolute Gasteiger partial charge is 0.373 e. The summed E-state index contributed by atoms with van der Waals surface area (Å²) in [7, 11) is 0. The molecule has 1 aliphatic carbocycles. The Morgan fingerprint density at radius 1 is 1.44 bits per heavy atom. The van der Waals surface area contributed by atoms with E-state index < -0.39 is 0 Å². The van der Waals surface area contributed by atoms with Crippen molar-refractivity contribution < 1.29 is 4.74 Å². The maximum absolute atomic E-state index is 5.86. The highest BCUT2D eigenvalue weighted by molar-refractivity contribution is 5.10. The van der Waals surface area contributed by atoms with Crippen molar-refractivity contribution in [3.63, 3.8) is 0 Å². The Balaban J connectivity index is 1.70. The summed E-state index contributed by atoms with van der Waals surface area (Å²) in [5.41, 5.74) is 1.28. The van der Waals surface area contributed by atoms with Crippen molar-refractivity contribution >= 4 is 0 Å². The molecule has 0 spiro atoms. The highest BCUT2D eigenvalue weighted by Gasteiger charge is 2.27. The third-order valence-electron chi connectivity index (χ3n) is 3.88. The quantitative estimate of drug-likeness (QED) is 0.782. The van der Waals surface area contributed by atoms with E-state index in [1.165, 1.54) is 37.7 Å². The summed E-state index contributed by atoms with van der Waals surface area (Å²) in [6.07, 6.45) is 10.8. The Morgan fingerprint density at radius 3 is 3.06 bits per heavy atom. The Labute approximate surface area is 96.8 Å². The van der Waals surface area contributed by atoms with E-state index in [4.69, 9.17) is 4.74 Å². The summed E-state index contributed by atoms with van der Waals surface area (Å²) >= 11 is 0. The lowest BCUT2D eigenvalue weighted by Crippen LogP contribution is -2.19. The predicted molar refractivity (Wildman–Crippen MR) is 62.2 cm³/mol. The molecule has 1 aliphatic heterocycles. The molecule has 1 saturated heterocycles. The monoisotopic (exact) mass is 220 g/mol. The zero-order valence-electron chi connectivity index (χ0n) is 9.93. The fourth-order valence-corrected chi connectivity index (χ4v) is 2.53. The van der Waals surface area contributed by atoms with E-state index in [0.717, 1.165) is 12.5 Å². The molecule has 0 aromatic carbocycles. The Hall–Kier alpha value is -0.830. The molecular formula is C13H20N2O. The highest BCUT2D eigenvalue weighted by Crippen LogP contribution is 2.37. The molecule has 1 aromatic heterocycles. The first kappa shape index (κ1) is 10.3. The zero-order valence-corrected chi connectivity index (χ0v) is 9.93. The second-order valence-corrected chi connectivity index (χ2v) is 5.14. The lowest BCUT2D eigenvalue weighted by atomic mass is 9.91. The average molecular weight is 220 g/mol. The van der Waals surface area contributed by atoms with E-state index in [1.54, 1.807) is 0 Å². The summed E-state index contributed by atoms with van der Waals surface area (Å²) in [6, 6.07) is 0.680. The van der Waals surface area contributed by atoms with Crippen LogP contribution >= 0.6 is 0 Å². The van der Waals surface area contributed by atoms with Crippen LogP contribution in [-0.2, 0) is 4.74 Å². The molecule has 0 bridgehead atoms. The topological polar surface area (TPSA) is 27.1 Å². The fourth-order valence-electron chi connectivity index (χ4n) is 2.53. The van der Waals surface area contributed by atoms with Gasteiger partial charge in [-0.3, -0.25) is 4.68 Å². The van der Waals surface area contributed by atoms with Crippen molar-refractivity contribution in [1.29, 1.82) is 0 Å². The molecule has 2 aliphatic rings. The summed E-state index contributed by atoms with van der Waals surface area (Å²) in [4.78, 5) is 0. The molecule has 88 valence electrons. The zero-order chi connectivity index (χ0) is 11.0. The third kappa shape index (κ3) is 2.01. The third-order valence-corrected chi connectivity index (χ3v) is 3.88. The van der Waals surface area contributed by atoms with Gasteiger partial charge in [0.2, 0.25) is 0 Å². The second-order valence-electron chi connectivity index (χ2n) is 5.14. The Bertz CT molecular complexity index is 357. The summed E-state index contributed by atoms with van der Waals surface area (Å²) < 4.78 is 7.98. The van der Waals surface area contributed by atoms with Gasteiger partial charge >= 0.3 is 0 Å². The minimum Gasteiger partial charge on any atom is -0.373 e. The molecule has 0 N–H and O–H groups in total. The van der Waals surface area contributed by atoms with Gasteiger partial charge in [0.1, 0.15) is 0 Å². The van der Waals surface area contributed by atoms with E-state index in [2.05, 4.69) is 22.9 Å². The molecule has 2 atom stereocenters. The van der Waals surface area contributed by atoms with Crippen LogP contribution in [0.3, 0.4) is 0 Å². The van der Waals surface area contributed by atoms with Crippen molar-refractivity contribution in [1.82, 2.24) is 9.78 Å². The molecule has 2 fully saturated rings. The maximum atomic E-state index is 5.86. The lowest BCUT2D eigenvalue weighted by Gasteiger charge is -2.28. The number of ether oxygens (including phenoxy) is 1. The second kappa shape index (κ2) is 4.21. The molecule has 0 amide bonds. The molecule has 3 nitrogen and oxygen atoms in total. The standard InChI is InChI=1S/C13H20N2O/c1-2-10-5-6-16-13(7-10)11-8-14-15(9-11)12-3-4-12/h8-10,12-13H,2-7H2,1H3/t10-,13+/m0/s1. The van der Waals surface area contributed by atoms with Crippen LogP contribution in [0.2, 0.25) is 0 Å². The van der Waals surface area contributed by atoms with Gasteiger partial charge < -0.3 is 4.74 Å². The van der Waals surface area contributed by atoms with Gasteiger partial charge in [0.15, 0.2) is 0 Å². The van der Waals surface area contributed by atoms with Crippen LogP contribution in [0.4, 0.5) is 0 Å². The van der Waals surface area contributed by atoms with E-state index in [1.807, 2.05) is 6.20 Å². The van der Waals surface area contributed by atoms with Gasteiger partial charge in [0.05, 0.1) is 18.3 Å². The fraction of sp³-hybridized carbons (Fsp3) is 0.769. The van der Waals surface area contributed by atoms with Crippen LogP contribution in [-0.4, -0.2) is 16.4 Å². The molecule has 2 heterocycles. The molecule has 1 aromatic rings. The summed E-state index contributed by atoms with van der Waals surface area (Å²) in [6.45, 7) is 3.19. The molecule has 16 heavy (non-hydrogen) atoms. The summed E-state index contributed by atoms with van der Waals surface area (Å²) in [5, 5.41) is 4.44. The lowest BCUT2D eigenvalue weighted by molar-refractivity contribution is -0.0111. The molecule has 3 heteroatoms. The minimum atomic E-state index is 0.297. The van der Waals surface area contributed by atoms with Crippen molar-refractivity contribution in [2.75, 3.05) is 6.61 Å². The van der Waals surface area contributed by atoms with Gasteiger partial charge in [-0.1, -0.05) is 13.3 Å². The predicted octanol–water partition coefficient (Wildman–Crippen LogP) is 3.10. The van der Waals surface area contributed by atoms with E-state index >= 15 is 0 Å². The minimum absolute atomic E-state index is 0.297. The first-order valence-electron chi connectivity index (χ1n) is 6.52. The van der Waals surface area contributed by atoms with E-state index in [-0.39, 0.29) is 0 Å². The molecular weight excluding hydrogens is 200 g/mol. The van der Waals surface area contributed by atoms with Crippen molar-refractivity contribution in [3.05, 3.63) is 18.0 Å². The maximum Gasteiger partial charge on any atom is 0.0858 e. The van der Waals surface area contributed by atoms with Crippen molar-refractivity contribution in [3.8, 4) is 0 Å². The van der Waals surface area contributed by atoms with Gasteiger partial charge in [-0.05, 0) is 31.6 Å². The van der Waals surface area contributed by atoms with E-state index in [9.17, 15) is 0 Å². The highest BCUT2D eigenvalue weighted by atomic mass is 16.5. The molecule has 0 unspecified atom stereocenters. The van der Waals surface area contributed by atoms with Crippen LogP contribution in [0.15, 0.2) is 12.4 Å². The smallest absolute Gasteiger partial charge is 0.0858 e. The van der Waals surface area contributed by atoms with Crippen molar-refractivity contribution in [2.45, 2.75) is 51.2 Å². The number of hydrogen-bond acceptors (Lipinski definition) is 2. The van der Waals surface area contributed by atoms with Crippen LogP contribution in [0.5, 0.6) is 0 Å². The number of rotatable bonds is 3. The van der Waals surface area contributed by atoms with Gasteiger partial charge in [0, 0.05) is 18.4 Å². The van der Waals surface area contributed by atoms with Gasteiger partial charge in [-0.15, -0.1) is 0 Å². The number of hydrogen-bond donors (Lipinski definition) is 0.